The summed E-state index contributed by atoms with van der Waals surface area (Å²) >= 11 is 0. The molecule has 8 nitrogen and oxygen atoms in total. The minimum atomic E-state index is -0.464. The van der Waals surface area contributed by atoms with E-state index in [1.54, 1.807) is 36.4 Å². The number of carbonyl (C=O) groups is 4. The van der Waals surface area contributed by atoms with Gasteiger partial charge in [0.25, 0.3) is 0 Å². The zero-order valence-corrected chi connectivity index (χ0v) is 19.9. The van der Waals surface area contributed by atoms with Crippen LogP contribution in [-0.4, -0.2) is 38.0 Å². The van der Waals surface area contributed by atoms with Crippen molar-refractivity contribution >= 4 is 35.1 Å². The van der Waals surface area contributed by atoms with Gasteiger partial charge in [-0.3, -0.25) is 9.59 Å². The molecular weight excluding hydrogens is 436 g/mol. The molecule has 1 aliphatic carbocycles. The Balaban J connectivity index is 1.58. The second-order valence-corrected chi connectivity index (χ2v) is 8.57. The Kier molecular flexibility index (Phi) is 8.04. The van der Waals surface area contributed by atoms with Gasteiger partial charge < -0.3 is 20.1 Å². The lowest BCUT2D eigenvalue weighted by molar-refractivity contribution is -0.125. The molecular formula is C26H30N2O6. The molecule has 180 valence electrons. The molecule has 1 saturated carbocycles. The molecule has 0 saturated heterocycles. The topological polar surface area (TPSA) is 111 Å². The SMILES string of the molecule is COC(=O)c1ccc(C)c(NC(=O)C2CCC(C(=O)Nc3cc(C(=O)OC)ccc3C)CC2)c1. The number of aryl methyl sites for hydroxylation is 2. The molecule has 2 aromatic rings. The highest BCUT2D eigenvalue weighted by Gasteiger charge is 2.30. The van der Waals surface area contributed by atoms with Gasteiger partial charge in [-0.2, -0.15) is 0 Å². The van der Waals surface area contributed by atoms with Crippen LogP contribution in [0.5, 0.6) is 0 Å². The standard InChI is InChI=1S/C26H30N2O6/c1-15-5-7-19(25(31)33-3)13-21(15)27-23(29)17-9-11-18(12-10-17)24(30)28-22-14-20(26(32)34-4)8-6-16(22)2/h5-8,13-14,17-18H,9-12H2,1-4H3,(H,27,29)(H,28,30). The summed E-state index contributed by atoms with van der Waals surface area (Å²) in [7, 11) is 2.62. The first-order valence-electron chi connectivity index (χ1n) is 11.2. The number of methoxy groups -OCH3 is 2. The predicted molar refractivity (Wildman–Crippen MR) is 128 cm³/mol. The van der Waals surface area contributed by atoms with Gasteiger partial charge in [-0.1, -0.05) is 12.1 Å². The van der Waals surface area contributed by atoms with E-state index in [-0.39, 0.29) is 23.7 Å². The molecule has 1 aliphatic rings. The van der Waals surface area contributed by atoms with Gasteiger partial charge in [0.2, 0.25) is 11.8 Å². The molecule has 2 amide bonds. The van der Waals surface area contributed by atoms with Crippen molar-refractivity contribution < 1.29 is 28.7 Å². The fraction of sp³-hybridized carbons (Fsp3) is 0.385. The van der Waals surface area contributed by atoms with E-state index in [4.69, 9.17) is 9.47 Å². The molecule has 34 heavy (non-hydrogen) atoms. The molecule has 0 unspecified atom stereocenters. The van der Waals surface area contributed by atoms with Crippen LogP contribution in [-0.2, 0) is 19.1 Å². The lowest BCUT2D eigenvalue weighted by Crippen LogP contribution is -2.32. The van der Waals surface area contributed by atoms with Crippen molar-refractivity contribution in [2.75, 3.05) is 24.9 Å². The normalized spacial score (nSPS) is 17.4. The smallest absolute Gasteiger partial charge is 0.337 e. The second-order valence-electron chi connectivity index (χ2n) is 8.57. The molecule has 0 aliphatic heterocycles. The van der Waals surface area contributed by atoms with Crippen molar-refractivity contribution in [1.82, 2.24) is 0 Å². The van der Waals surface area contributed by atoms with Crippen LogP contribution in [0.4, 0.5) is 11.4 Å². The summed E-state index contributed by atoms with van der Waals surface area (Å²) in [5.41, 5.74) is 3.59. The molecule has 1 fully saturated rings. The first-order chi connectivity index (χ1) is 16.2. The van der Waals surface area contributed by atoms with Crippen molar-refractivity contribution in [2.45, 2.75) is 39.5 Å². The van der Waals surface area contributed by atoms with Crippen LogP contribution in [0.3, 0.4) is 0 Å². The van der Waals surface area contributed by atoms with Crippen molar-refractivity contribution in [1.29, 1.82) is 0 Å². The lowest BCUT2D eigenvalue weighted by atomic mass is 9.81. The van der Waals surface area contributed by atoms with Gasteiger partial charge in [-0.05, 0) is 74.9 Å². The van der Waals surface area contributed by atoms with Gasteiger partial charge >= 0.3 is 11.9 Å². The highest BCUT2D eigenvalue weighted by molar-refractivity contribution is 5.98. The molecule has 0 heterocycles. The number of hydrogen-bond acceptors (Lipinski definition) is 6. The van der Waals surface area contributed by atoms with Gasteiger partial charge in [-0.25, -0.2) is 9.59 Å². The second kappa shape index (κ2) is 11.0. The average Bonchev–Trinajstić information content (AvgIpc) is 2.85. The van der Waals surface area contributed by atoms with Crippen LogP contribution in [0.25, 0.3) is 0 Å². The number of rotatable bonds is 6. The monoisotopic (exact) mass is 466 g/mol. The summed E-state index contributed by atoms with van der Waals surface area (Å²) in [5, 5.41) is 5.84. The molecule has 2 aromatic carbocycles. The number of amides is 2. The summed E-state index contributed by atoms with van der Waals surface area (Å²) < 4.78 is 9.50. The third kappa shape index (κ3) is 5.81. The van der Waals surface area contributed by atoms with Crippen molar-refractivity contribution in [3.8, 4) is 0 Å². The molecule has 0 aromatic heterocycles. The minimum Gasteiger partial charge on any atom is -0.465 e. The largest absolute Gasteiger partial charge is 0.465 e. The summed E-state index contributed by atoms with van der Waals surface area (Å²) in [5.74, 6) is -1.59. The Labute approximate surface area is 199 Å². The Morgan fingerprint density at radius 2 is 1.03 bits per heavy atom. The summed E-state index contributed by atoms with van der Waals surface area (Å²) in [4.78, 5) is 49.3. The van der Waals surface area contributed by atoms with E-state index in [2.05, 4.69) is 10.6 Å². The summed E-state index contributed by atoms with van der Waals surface area (Å²) in [6, 6.07) is 10.1. The average molecular weight is 467 g/mol. The van der Waals surface area contributed by atoms with E-state index >= 15 is 0 Å². The van der Waals surface area contributed by atoms with E-state index in [1.165, 1.54) is 14.2 Å². The molecule has 2 N–H and O–H groups in total. The van der Waals surface area contributed by atoms with E-state index in [9.17, 15) is 19.2 Å². The molecule has 0 radical (unpaired) electrons. The van der Waals surface area contributed by atoms with E-state index in [1.807, 2.05) is 13.8 Å². The van der Waals surface area contributed by atoms with Gasteiger partial charge in [0.15, 0.2) is 0 Å². The highest BCUT2D eigenvalue weighted by atomic mass is 16.5. The maximum Gasteiger partial charge on any atom is 0.337 e. The van der Waals surface area contributed by atoms with Gasteiger partial charge in [0, 0.05) is 23.2 Å². The van der Waals surface area contributed by atoms with Crippen LogP contribution in [0.1, 0.15) is 57.5 Å². The summed E-state index contributed by atoms with van der Waals surface area (Å²) in [6.07, 6.45) is 2.34. The Hall–Kier alpha value is -3.68. The Bertz CT molecular complexity index is 1010. The van der Waals surface area contributed by atoms with Gasteiger partial charge in [0.1, 0.15) is 0 Å². The van der Waals surface area contributed by atoms with Crippen molar-refractivity contribution in [3.63, 3.8) is 0 Å². The number of esters is 2. The van der Waals surface area contributed by atoms with E-state index < -0.39 is 11.9 Å². The third-order valence-electron chi connectivity index (χ3n) is 6.30. The molecule has 8 heteroatoms. The minimum absolute atomic E-state index is 0.120. The highest BCUT2D eigenvalue weighted by Crippen LogP contribution is 2.31. The molecule has 0 spiro atoms. The predicted octanol–water partition coefficient (Wildman–Crippen LogP) is 4.26. The lowest BCUT2D eigenvalue weighted by Gasteiger charge is -2.27. The number of anilines is 2. The maximum absolute atomic E-state index is 12.8. The molecule has 3 rings (SSSR count). The van der Waals surface area contributed by atoms with Crippen molar-refractivity contribution in [3.05, 3.63) is 58.7 Å². The first-order valence-corrected chi connectivity index (χ1v) is 11.2. The van der Waals surface area contributed by atoms with Crippen LogP contribution >= 0.6 is 0 Å². The number of nitrogens with one attached hydrogen (secondary N) is 2. The number of carbonyl (C=O) groups excluding carboxylic acids is 4. The number of benzene rings is 2. The Morgan fingerprint density at radius 1 is 0.676 bits per heavy atom. The fourth-order valence-corrected chi connectivity index (χ4v) is 4.09. The van der Waals surface area contributed by atoms with Gasteiger partial charge in [0.05, 0.1) is 25.3 Å². The van der Waals surface area contributed by atoms with Crippen LogP contribution < -0.4 is 10.6 Å². The van der Waals surface area contributed by atoms with E-state index in [0.717, 1.165) is 11.1 Å². The van der Waals surface area contributed by atoms with Crippen molar-refractivity contribution in [2.24, 2.45) is 11.8 Å². The third-order valence-corrected chi connectivity index (χ3v) is 6.30. The zero-order valence-electron chi connectivity index (χ0n) is 19.9. The zero-order chi connectivity index (χ0) is 24.8. The Morgan fingerprint density at radius 3 is 1.35 bits per heavy atom. The molecule has 0 atom stereocenters. The number of hydrogen-bond donors (Lipinski definition) is 2. The van der Waals surface area contributed by atoms with Crippen LogP contribution in [0.2, 0.25) is 0 Å². The quantitative estimate of drug-likeness (QED) is 0.616. The van der Waals surface area contributed by atoms with E-state index in [0.29, 0.717) is 48.2 Å². The van der Waals surface area contributed by atoms with Crippen LogP contribution in [0.15, 0.2) is 36.4 Å². The van der Waals surface area contributed by atoms with Gasteiger partial charge in [-0.15, -0.1) is 0 Å². The number of ether oxygens (including phenoxy) is 2. The molecule has 0 bridgehead atoms. The fourth-order valence-electron chi connectivity index (χ4n) is 4.09. The summed E-state index contributed by atoms with van der Waals surface area (Å²) in [6.45, 7) is 3.71. The maximum atomic E-state index is 12.8. The first kappa shape index (κ1) is 25.0. The van der Waals surface area contributed by atoms with Crippen LogP contribution in [0, 0.1) is 25.7 Å².